The Morgan fingerprint density at radius 3 is 2.35 bits per heavy atom. The molecule has 0 radical (unpaired) electrons. The number of carboxylic acid groups (broad SMARTS) is 1. The summed E-state index contributed by atoms with van der Waals surface area (Å²) in [4.78, 5) is 73.6. The monoisotopic (exact) mass is 741 g/mol. The highest BCUT2D eigenvalue weighted by atomic mass is 32.1. The van der Waals surface area contributed by atoms with Gasteiger partial charge in [-0.25, -0.2) is 4.98 Å². The van der Waals surface area contributed by atoms with Gasteiger partial charge in [0.2, 0.25) is 11.8 Å². The smallest absolute Gasteiger partial charge is 0.306 e. The predicted octanol–water partition coefficient (Wildman–Crippen LogP) is 5.33. The van der Waals surface area contributed by atoms with E-state index in [1.807, 2.05) is 65.1 Å². The zero-order valence-corrected chi connectivity index (χ0v) is 33.1. The van der Waals surface area contributed by atoms with Gasteiger partial charge >= 0.3 is 11.9 Å². The largest absolute Gasteiger partial charge is 0.481 e. The van der Waals surface area contributed by atoms with Crippen LogP contribution >= 0.6 is 11.3 Å². The SMILES string of the molecule is CC[C@H](C)[C@H](NC(=O)[C@H]1C[C@H](C)CCN1C)C(=O)N(C)[C@H](C[C@@H](OC(C)=O)c1nc(C(=O)N[C@@H](Cc2ccccc2)C[C@H](C)C(=O)O)cs1)C(C)C. The number of hydrogen-bond acceptors (Lipinski definition) is 9. The fraction of sp³-hybridized carbons (Fsp3) is 0.641. The molecule has 8 atom stereocenters. The van der Waals surface area contributed by atoms with Crippen molar-refractivity contribution < 1.29 is 33.8 Å². The van der Waals surface area contributed by atoms with Crippen molar-refractivity contribution in [1.82, 2.24) is 25.4 Å². The van der Waals surface area contributed by atoms with Gasteiger partial charge in [-0.2, -0.15) is 0 Å². The number of aliphatic carboxylic acids is 1. The van der Waals surface area contributed by atoms with E-state index >= 15 is 0 Å². The minimum Gasteiger partial charge on any atom is -0.481 e. The number of likely N-dealkylation sites (tertiary alicyclic amines) is 1. The van der Waals surface area contributed by atoms with E-state index in [4.69, 9.17) is 4.74 Å². The molecule has 2 aromatic rings. The molecule has 0 unspecified atom stereocenters. The highest BCUT2D eigenvalue weighted by Crippen LogP contribution is 2.31. The van der Waals surface area contributed by atoms with E-state index in [1.54, 1.807) is 24.3 Å². The summed E-state index contributed by atoms with van der Waals surface area (Å²) in [5, 5.41) is 17.6. The third-order valence-corrected chi connectivity index (χ3v) is 11.3. The lowest BCUT2D eigenvalue weighted by atomic mass is 9.90. The summed E-state index contributed by atoms with van der Waals surface area (Å²) in [6, 6.07) is 7.65. The molecule has 1 aliphatic heterocycles. The molecule has 1 saturated heterocycles. The predicted molar refractivity (Wildman–Crippen MR) is 202 cm³/mol. The van der Waals surface area contributed by atoms with E-state index in [9.17, 15) is 29.1 Å². The Morgan fingerprint density at radius 2 is 1.75 bits per heavy atom. The maximum absolute atomic E-state index is 14.2. The minimum atomic E-state index is -0.944. The van der Waals surface area contributed by atoms with Crippen molar-refractivity contribution >= 4 is 41.0 Å². The lowest BCUT2D eigenvalue weighted by Crippen LogP contribution is -2.58. The molecule has 3 N–H and O–H groups in total. The van der Waals surface area contributed by atoms with Gasteiger partial charge in [-0.1, -0.05) is 78.3 Å². The number of nitrogens with zero attached hydrogens (tertiary/aromatic N) is 3. The van der Waals surface area contributed by atoms with E-state index in [0.717, 1.165) is 24.9 Å². The zero-order valence-electron chi connectivity index (χ0n) is 32.3. The Kier molecular flexibility index (Phi) is 16.2. The van der Waals surface area contributed by atoms with E-state index in [1.165, 1.54) is 18.3 Å². The molecule has 1 aromatic carbocycles. The van der Waals surface area contributed by atoms with Crippen molar-refractivity contribution in [2.75, 3.05) is 20.6 Å². The zero-order chi connectivity index (χ0) is 38.7. The molecule has 12 nitrogen and oxygen atoms in total. The molecular formula is C39H59N5O7S. The number of aromatic nitrogens is 1. The van der Waals surface area contributed by atoms with Gasteiger partial charge in [0, 0.05) is 37.9 Å². The fourth-order valence-electron chi connectivity index (χ4n) is 6.80. The lowest BCUT2D eigenvalue weighted by Gasteiger charge is -2.39. The van der Waals surface area contributed by atoms with Gasteiger partial charge in [0.05, 0.1) is 12.0 Å². The molecule has 2 heterocycles. The second-order valence-corrected chi connectivity index (χ2v) is 15.9. The number of carbonyl (C=O) groups is 5. The molecule has 3 rings (SSSR count). The number of carboxylic acids is 1. The van der Waals surface area contributed by atoms with Crippen molar-refractivity contribution in [1.29, 1.82) is 0 Å². The molecule has 13 heteroatoms. The van der Waals surface area contributed by atoms with Crippen molar-refractivity contribution in [3.05, 3.63) is 52.0 Å². The molecule has 288 valence electrons. The van der Waals surface area contributed by atoms with Crippen LogP contribution in [0, 0.1) is 23.7 Å². The van der Waals surface area contributed by atoms with E-state index in [2.05, 4.69) is 27.4 Å². The molecule has 3 amide bonds. The van der Waals surface area contributed by atoms with Crippen LogP contribution in [0.3, 0.4) is 0 Å². The number of ether oxygens (including phenoxy) is 1. The molecular weight excluding hydrogens is 683 g/mol. The molecule has 52 heavy (non-hydrogen) atoms. The number of nitrogens with one attached hydrogen (secondary N) is 2. The number of carbonyl (C=O) groups excluding carboxylic acids is 4. The molecule has 0 saturated carbocycles. The highest BCUT2D eigenvalue weighted by molar-refractivity contribution is 7.09. The summed E-state index contributed by atoms with van der Waals surface area (Å²) in [5.74, 6) is -2.71. The molecule has 0 spiro atoms. The number of hydrogen-bond donors (Lipinski definition) is 3. The Morgan fingerprint density at radius 1 is 1.08 bits per heavy atom. The van der Waals surface area contributed by atoms with Gasteiger partial charge in [0.1, 0.15) is 16.7 Å². The second-order valence-electron chi connectivity index (χ2n) is 15.0. The maximum atomic E-state index is 14.2. The third-order valence-electron chi connectivity index (χ3n) is 10.3. The van der Waals surface area contributed by atoms with E-state index in [-0.39, 0.29) is 48.2 Å². The van der Waals surface area contributed by atoms with Crippen LogP contribution in [0.5, 0.6) is 0 Å². The van der Waals surface area contributed by atoms with E-state index < -0.39 is 48.0 Å². The standard InChI is InChI=1S/C39H59N5O7S/c1-10-25(5)34(42-36(47)32-18-24(4)16-17-43(32)8)38(48)44(9)31(23(2)3)21-33(51-27(7)45)37-41-30(22-52-37)35(46)40-29(19-26(6)39(49)50)20-28-14-12-11-13-15-28/h11-15,22-26,29,31-34H,10,16-21H2,1-9H3,(H,40,46)(H,42,47)(H,49,50)/t24-,25+,26+,29-,31-,32-,33-,34+/m1/s1. The average molecular weight is 742 g/mol. The van der Waals surface area contributed by atoms with Crippen LogP contribution in [0.4, 0.5) is 0 Å². The lowest BCUT2D eigenvalue weighted by molar-refractivity contribution is -0.149. The average Bonchev–Trinajstić information content (AvgIpc) is 3.59. The minimum absolute atomic E-state index is 0.0525. The summed E-state index contributed by atoms with van der Waals surface area (Å²) in [5.41, 5.74) is 1.09. The first kappa shape index (κ1) is 42.6. The van der Waals surface area contributed by atoms with Crippen LogP contribution in [0.25, 0.3) is 0 Å². The van der Waals surface area contributed by atoms with Crippen LogP contribution in [-0.2, 0) is 30.3 Å². The normalized spacial score (nSPS) is 19.8. The number of esters is 1. The van der Waals surface area contributed by atoms with Crippen molar-refractivity contribution in [2.24, 2.45) is 23.7 Å². The van der Waals surface area contributed by atoms with Crippen LogP contribution in [0.1, 0.15) is 108 Å². The number of likely N-dealkylation sites (N-methyl/N-ethyl adjacent to an activating group) is 2. The van der Waals surface area contributed by atoms with Crippen molar-refractivity contribution in [2.45, 2.75) is 117 Å². The Labute approximate surface area is 313 Å². The molecule has 0 aliphatic carbocycles. The number of piperidine rings is 1. The van der Waals surface area contributed by atoms with Gasteiger partial charge in [0.25, 0.3) is 5.91 Å². The molecule has 1 aliphatic rings. The number of thiazole rings is 1. The van der Waals surface area contributed by atoms with Crippen LogP contribution in [0.15, 0.2) is 35.7 Å². The Hall–Kier alpha value is -3.84. The van der Waals surface area contributed by atoms with Crippen LogP contribution in [0.2, 0.25) is 0 Å². The summed E-state index contributed by atoms with van der Waals surface area (Å²) in [7, 11) is 3.67. The maximum Gasteiger partial charge on any atom is 0.306 e. The Balaban J connectivity index is 1.81. The Bertz CT molecular complexity index is 1500. The first-order chi connectivity index (χ1) is 24.5. The van der Waals surface area contributed by atoms with E-state index in [0.29, 0.717) is 23.8 Å². The molecule has 1 aromatic heterocycles. The molecule has 1 fully saturated rings. The molecule has 0 bridgehead atoms. The quantitative estimate of drug-likeness (QED) is 0.172. The van der Waals surface area contributed by atoms with Gasteiger partial charge in [-0.3, -0.25) is 28.9 Å². The van der Waals surface area contributed by atoms with Gasteiger partial charge < -0.3 is 25.4 Å². The first-order valence-corrected chi connectivity index (χ1v) is 19.4. The number of rotatable bonds is 18. The van der Waals surface area contributed by atoms with Gasteiger partial charge in [0.15, 0.2) is 6.10 Å². The highest BCUT2D eigenvalue weighted by Gasteiger charge is 2.38. The summed E-state index contributed by atoms with van der Waals surface area (Å²) < 4.78 is 5.77. The topological polar surface area (TPSA) is 158 Å². The summed E-state index contributed by atoms with van der Waals surface area (Å²) in [6.07, 6.45) is 2.52. The van der Waals surface area contributed by atoms with Crippen molar-refractivity contribution in [3.8, 4) is 0 Å². The fourth-order valence-corrected chi connectivity index (χ4v) is 7.64. The summed E-state index contributed by atoms with van der Waals surface area (Å²) >= 11 is 1.18. The van der Waals surface area contributed by atoms with Crippen LogP contribution in [-0.4, -0.2) is 94.4 Å². The third kappa shape index (κ3) is 12.1. The van der Waals surface area contributed by atoms with Gasteiger partial charge in [-0.15, -0.1) is 11.3 Å². The number of benzene rings is 1. The first-order valence-electron chi connectivity index (χ1n) is 18.5. The van der Waals surface area contributed by atoms with Crippen molar-refractivity contribution in [3.63, 3.8) is 0 Å². The second kappa shape index (κ2) is 19.8. The van der Waals surface area contributed by atoms with Gasteiger partial charge in [-0.05, 0) is 62.6 Å². The van der Waals surface area contributed by atoms with Crippen LogP contribution < -0.4 is 10.6 Å². The number of amides is 3. The summed E-state index contributed by atoms with van der Waals surface area (Å²) in [6.45, 7) is 13.8.